The summed E-state index contributed by atoms with van der Waals surface area (Å²) in [6.45, 7) is 2.01. The molecule has 2 rings (SSSR count). The third-order valence-electron chi connectivity index (χ3n) is 2.27. The van der Waals surface area contributed by atoms with Gasteiger partial charge in [-0.1, -0.05) is 6.92 Å². The van der Waals surface area contributed by atoms with Gasteiger partial charge in [0.05, 0.1) is 0 Å². The second-order valence-electron chi connectivity index (χ2n) is 3.13. The quantitative estimate of drug-likeness (QED) is 0.782. The van der Waals surface area contributed by atoms with Crippen molar-refractivity contribution in [3.8, 4) is 0 Å². The van der Waals surface area contributed by atoms with Gasteiger partial charge in [-0.3, -0.25) is 0 Å². The summed E-state index contributed by atoms with van der Waals surface area (Å²) in [5.41, 5.74) is -0.675. The van der Waals surface area contributed by atoms with Crippen LogP contribution >= 0.6 is 15.9 Å². The van der Waals surface area contributed by atoms with E-state index < -0.39 is 5.60 Å². The van der Waals surface area contributed by atoms with E-state index >= 15 is 0 Å². The second-order valence-corrected chi connectivity index (χ2v) is 3.91. The van der Waals surface area contributed by atoms with Crippen molar-refractivity contribution in [3.63, 3.8) is 0 Å². The Morgan fingerprint density at radius 2 is 2.36 bits per heavy atom. The summed E-state index contributed by atoms with van der Waals surface area (Å²) in [5.74, 6) is 1.01. The average molecular weight is 217 g/mol. The smallest absolute Gasteiger partial charge is 0.169 e. The molecular weight excluding hydrogens is 208 g/mol. The van der Waals surface area contributed by atoms with Crippen molar-refractivity contribution in [1.82, 2.24) is 0 Å². The third kappa shape index (κ3) is 1.03. The fourth-order valence-electron chi connectivity index (χ4n) is 1.30. The first-order chi connectivity index (χ1) is 5.13. The highest BCUT2D eigenvalue weighted by Gasteiger charge is 2.53. The predicted molar refractivity (Wildman–Crippen MR) is 44.1 cm³/mol. The van der Waals surface area contributed by atoms with Gasteiger partial charge in [0, 0.05) is 0 Å². The fraction of sp³-hybridized carbons (Fsp3) is 0.500. The van der Waals surface area contributed by atoms with E-state index in [1.54, 1.807) is 6.07 Å². The molecule has 1 aromatic heterocycles. The number of hydrogen-bond acceptors (Lipinski definition) is 2. The molecule has 1 aliphatic carbocycles. The molecule has 0 aromatic carbocycles. The maximum atomic E-state index is 9.77. The lowest BCUT2D eigenvalue weighted by Gasteiger charge is -2.02. The summed E-state index contributed by atoms with van der Waals surface area (Å²) in [6, 6.07) is 3.62. The van der Waals surface area contributed by atoms with Gasteiger partial charge in [-0.2, -0.15) is 0 Å². The minimum atomic E-state index is -0.675. The lowest BCUT2D eigenvalue weighted by molar-refractivity contribution is 0.106. The Morgan fingerprint density at radius 1 is 1.73 bits per heavy atom. The monoisotopic (exact) mass is 216 g/mol. The second kappa shape index (κ2) is 2.11. The van der Waals surface area contributed by atoms with Crippen molar-refractivity contribution in [2.75, 3.05) is 0 Å². The van der Waals surface area contributed by atoms with Gasteiger partial charge in [-0.05, 0) is 40.4 Å². The van der Waals surface area contributed by atoms with Gasteiger partial charge in [-0.25, -0.2) is 0 Å². The van der Waals surface area contributed by atoms with Crippen LogP contribution in [-0.4, -0.2) is 5.11 Å². The van der Waals surface area contributed by atoms with Gasteiger partial charge >= 0.3 is 0 Å². The molecule has 0 aliphatic heterocycles. The molecule has 1 aromatic rings. The fourth-order valence-corrected chi connectivity index (χ4v) is 1.60. The molecule has 3 heteroatoms. The first-order valence-electron chi connectivity index (χ1n) is 3.61. The molecule has 2 atom stereocenters. The summed E-state index contributed by atoms with van der Waals surface area (Å²) < 4.78 is 5.93. The standard InChI is InChI=1S/C8H9BrO2/c1-5-4-8(5,10)6-2-3-7(9)11-6/h2-3,5,10H,4H2,1H3. The summed E-state index contributed by atoms with van der Waals surface area (Å²) in [4.78, 5) is 0. The first-order valence-corrected chi connectivity index (χ1v) is 4.40. The topological polar surface area (TPSA) is 33.4 Å². The number of aliphatic hydroxyl groups is 1. The van der Waals surface area contributed by atoms with Crippen LogP contribution in [0.4, 0.5) is 0 Å². The van der Waals surface area contributed by atoms with Gasteiger partial charge in [0.15, 0.2) is 4.67 Å². The number of furan rings is 1. The minimum Gasteiger partial charge on any atom is -0.451 e. The molecule has 1 fully saturated rings. The van der Waals surface area contributed by atoms with E-state index in [0.29, 0.717) is 16.3 Å². The Balaban J connectivity index is 2.31. The zero-order valence-electron chi connectivity index (χ0n) is 6.17. The summed E-state index contributed by atoms with van der Waals surface area (Å²) in [7, 11) is 0. The van der Waals surface area contributed by atoms with E-state index in [4.69, 9.17) is 4.42 Å². The van der Waals surface area contributed by atoms with E-state index in [9.17, 15) is 5.11 Å². The maximum absolute atomic E-state index is 9.77. The highest BCUT2D eigenvalue weighted by atomic mass is 79.9. The zero-order chi connectivity index (χ0) is 8.06. The van der Waals surface area contributed by atoms with Gasteiger partial charge in [0.2, 0.25) is 0 Å². The molecule has 0 radical (unpaired) electrons. The van der Waals surface area contributed by atoms with E-state index in [1.807, 2.05) is 13.0 Å². The average Bonchev–Trinajstić information content (AvgIpc) is 2.44. The summed E-state index contributed by atoms with van der Waals surface area (Å²) in [6.07, 6.45) is 0.812. The van der Waals surface area contributed by atoms with Crippen LogP contribution in [0.25, 0.3) is 0 Å². The normalized spacial score (nSPS) is 35.7. The van der Waals surface area contributed by atoms with Crippen LogP contribution < -0.4 is 0 Å². The molecule has 2 unspecified atom stereocenters. The first kappa shape index (κ1) is 7.37. The van der Waals surface area contributed by atoms with Gasteiger partial charge in [0.1, 0.15) is 11.4 Å². The van der Waals surface area contributed by atoms with Crippen molar-refractivity contribution in [1.29, 1.82) is 0 Å². The Morgan fingerprint density at radius 3 is 2.73 bits per heavy atom. The van der Waals surface area contributed by atoms with Crippen molar-refractivity contribution in [3.05, 3.63) is 22.6 Å². The summed E-state index contributed by atoms with van der Waals surface area (Å²) in [5, 5.41) is 9.77. The Kier molecular flexibility index (Phi) is 1.41. The maximum Gasteiger partial charge on any atom is 0.169 e. The summed E-state index contributed by atoms with van der Waals surface area (Å²) >= 11 is 3.19. The highest BCUT2D eigenvalue weighted by molar-refractivity contribution is 9.10. The molecule has 1 aliphatic rings. The van der Waals surface area contributed by atoms with E-state index in [2.05, 4.69) is 15.9 Å². The van der Waals surface area contributed by atoms with Crippen molar-refractivity contribution in [2.45, 2.75) is 18.9 Å². The van der Waals surface area contributed by atoms with Crippen LogP contribution in [0.1, 0.15) is 19.1 Å². The van der Waals surface area contributed by atoms with Crippen LogP contribution in [-0.2, 0) is 5.60 Å². The molecular formula is C8H9BrO2. The molecule has 1 saturated carbocycles. The van der Waals surface area contributed by atoms with Crippen molar-refractivity contribution < 1.29 is 9.52 Å². The molecule has 1 heterocycles. The Bertz CT molecular complexity index is 281. The van der Waals surface area contributed by atoms with Crippen LogP contribution in [0.3, 0.4) is 0 Å². The number of rotatable bonds is 1. The third-order valence-corrected chi connectivity index (χ3v) is 2.70. The molecule has 1 N–H and O–H groups in total. The van der Waals surface area contributed by atoms with Crippen molar-refractivity contribution >= 4 is 15.9 Å². The molecule has 0 saturated heterocycles. The van der Waals surface area contributed by atoms with Crippen LogP contribution in [0.15, 0.2) is 21.2 Å². The molecule has 0 bridgehead atoms. The Labute approximate surface area is 73.3 Å². The zero-order valence-corrected chi connectivity index (χ0v) is 7.76. The van der Waals surface area contributed by atoms with Gasteiger partial charge < -0.3 is 9.52 Å². The van der Waals surface area contributed by atoms with Crippen LogP contribution in [0.5, 0.6) is 0 Å². The van der Waals surface area contributed by atoms with Crippen molar-refractivity contribution in [2.24, 2.45) is 5.92 Å². The largest absolute Gasteiger partial charge is 0.451 e. The Hall–Kier alpha value is -0.280. The lowest BCUT2D eigenvalue weighted by atomic mass is 10.2. The molecule has 0 spiro atoms. The SMILES string of the molecule is CC1CC1(O)c1ccc(Br)o1. The van der Waals surface area contributed by atoms with E-state index in [0.717, 1.165) is 6.42 Å². The molecule has 60 valence electrons. The van der Waals surface area contributed by atoms with E-state index in [-0.39, 0.29) is 0 Å². The lowest BCUT2D eigenvalue weighted by Crippen LogP contribution is -2.05. The van der Waals surface area contributed by atoms with E-state index in [1.165, 1.54) is 0 Å². The molecule has 11 heavy (non-hydrogen) atoms. The predicted octanol–water partition coefficient (Wildman–Crippen LogP) is 2.27. The molecule has 0 amide bonds. The number of halogens is 1. The van der Waals surface area contributed by atoms with Gasteiger partial charge in [0.25, 0.3) is 0 Å². The minimum absolute atomic E-state index is 0.334. The van der Waals surface area contributed by atoms with Crippen LogP contribution in [0, 0.1) is 5.92 Å². The highest BCUT2D eigenvalue weighted by Crippen LogP contribution is 2.52. The molecule has 2 nitrogen and oxygen atoms in total. The van der Waals surface area contributed by atoms with Crippen LogP contribution in [0.2, 0.25) is 0 Å². The van der Waals surface area contributed by atoms with Gasteiger partial charge in [-0.15, -0.1) is 0 Å². The number of hydrogen-bond donors (Lipinski definition) is 1.